The quantitative estimate of drug-likeness (QED) is 0.703. The molecule has 0 aliphatic carbocycles. The van der Waals surface area contributed by atoms with Crippen molar-refractivity contribution in [1.82, 2.24) is 25.2 Å². The number of anilines is 3. The second kappa shape index (κ2) is 8.26. The molecular formula is C20H23N7O2. The van der Waals surface area contributed by atoms with Crippen molar-refractivity contribution in [3.63, 3.8) is 0 Å². The standard InChI is InChI=1S/C20H23N7O2/c1-14-17(15(2)29-25-14)12-20(28)27-10-8-26(9-11-27)19-6-5-18(23-24-19)22-16-4-3-7-21-13-16/h3-7,13H,8-12H2,1-2H3,(H,22,23). The average molecular weight is 393 g/mol. The number of hydrogen-bond donors (Lipinski definition) is 1. The molecule has 1 amide bonds. The monoisotopic (exact) mass is 393 g/mol. The van der Waals surface area contributed by atoms with Gasteiger partial charge in [0.15, 0.2) is 11.6 Å². The zero-order valence-electron chi connectivity index (χ0n) is 16.5. The van der Waals surface area contributed by atoms with Gasteiger partial charge in [-0.3, -0.25) is 9.78 Å². The van der Waals surface area contributed by atoms with E-state index in [2.05, 4.69) is 30.6 Å². The lowest BCUT2D eigenvalue weighted by atomic mass is 10.1. The summed E-state index contributed by atoms with van der Waals surface area (Å²) >= 11 is 0. The molecule has 1 N–H and O–H groups in total. The third-order valence-corrected chi connectivity index (χ3v) is 5.05. The van der Waals surface area contributed by atoms with Crippen LogP contribution in [0.4, 0.5) is 17.3 Å². The van der Waals surface area contributed by atoms with E-state index in [1.54, 1.807) is 12.4 Å². The fraction of sp³-hybridized carbons (Fsp3) is 0.350. The van der Waals surface area contributed by atoms with Gasteiger partial charge in [-0.05, 0) is 38.1 Å². The van der Waals surface area contributed by atoms with Crippen LogP contribution in [0.5, 0.6) is 0 Å². The van der Waals surface area contributed by atoms with Crippen LogP contribution in [0.2, 0.25) is 0 Å². The highest BCUT2D eigenvalue weighted by molar-refractivity contribution is 5.79. The Balaban J connectivity index is 1.31. The van der Waals surface area contributed by atoms with Crippen LogP contribution in [0.15, 0.2) is 41.2 Å². The molecule has 3 aromatic heterocycles. The number of nitrogens with one attached hydrogen (secondary N) is 1. The van der Waals surface area contributed by atoms with Gasteiger partial charge < -0.3 is 19.6 Å². The molecule has 0 radical (unpaired) electrons. The number of carbonyl (C=O) groups excluding carboxylic acids is 1. The maximum absolute atomic E-state index is 12.6. The van der Waals surface area contributed by atoms with Crippen LogP contribution in [0.25, 0.3) is 0 Å². The molecule has 0 aromatic carbocycles. The van der Waals surface area contributed by atoms with E-state index in [4.69, 9.17) is 4.52 Å². The minimum Gasteiger partial charge on any atom is -0.361 e. The van der Waals surface area contributed by atoms with Crippen LogP contribution in [-0.4, -0.2) is 57.3 Å². The lowest BCUT2D eigenvalue weighted by molar-refractivity contribution is -0.130. The lowest BCUT2D eigenvalue weighted by Gasteiger charge is -2.35. The normalized spacial score (nSPS) is 14.1. The summed E-state index contributed by atoms with van der Waals surface area (Å²) in [5, 5.41) is 15.7. The number of aromatic nitrogens is 4. The first-order chi connectivity index (χ1) is 14.1. The molecule has 150 valence electrons. The summed E-state index contributed by atoms with van der Waals surface area (Å²) in [6.45, 7) is 6.45. The Bertz CT molecular complexity index is 945. The van der Waals surface area contributed by atoms with Crippen molar-refractivity contribution in [2.45, 2.75) is 20.3 Å². The SMILES string of the molecule is Cc1noc(C)c1CC(=O)N1CCN(c2ccc(Nc3cccnc3)nn2)CC1. The first kappa shape index (κ1) is 18.9. The zero-order chi connectivity index (χ0) is 20.2. The fourth-order valence-electron chi connectivity index (χ4n) is 3.35. The molecule has 0 spiro atoms. The summed E-state index contributed by atoms with van der Waals surface area (Å²) in [5.74, 6) is 2.28. The van der Waals surface area contributed by atoms with Crippen LogP contribution in [0, 0.1) is 13.8 Å². The molecule has 0 bridgehead atoms. The van der Waals surface area contributed by atoms with E-state index in [9.17, 15) is 4.79 Å². The number of nitrogens with zero attached hydrogens (tertiary/aromatic N) is 6. The third-order valence-electron chi connectivity index (χ3n) is 5.05. The van der Waals surface area contributed by atoms with E-state index in [-0.39, 0.29) is 5.91 Å². The minimum absolute atomic E-state index is 0.0983. The topological polar surface area (TPSA) is 100 Å². The molecule has 0 unspecified atom stereocenters. The average Bonchev–Trinajstić information content (AvgIpc) is 3.07. The maximum Gasteiger partial charge on any atom is 0.227 e. The summed E-state index contributed by atoms with van der Waals surface area (Å²) in [6, 6.07) is 7.61. The van der Waals surface area contributed by atoms with Gasteiger partial charge in [0.1, 0.15) is 5.76 Å². The highest BCUT2D eigenvalue weighted by Gasteiger charge is 2.24. The predicted molar refractivity (Wildman–Crippen MR) is 108 cm³/mol. The lowest BCUT2D eigenvalue weighted by Crippen LogP contribution is -2.49. The van der Waals surface area contributed by atoms with E-state index in [0.29, 0.717) is 31.1 Å². The Morgan fingerprint density at radius 1 is 1.14 bits per heavy atom. The molecule has 1 aliphatic rings. The van der Waals surface area contributed by atoms with Gasteiger partial charge in [0, 0.05) is 37.9 Å². The van der Waals surface area contributed by atoms with Gasteiger partial charge in [-0.2, -0.15) is 0 Å². The number of pyridine rings is 1. The summed E-state index contributed by atoms with van der Waals surface area (Å²) in [6.07, 6.45) is 3.78. The Morgan fingerprint density at radius 2 is 1.97 bits per heavy atom. The summed E-state index contributed by atoms with van der Waals surface area (Å²) in [7, 11) is 0. The van der Waals surface area contributed by atoms with Gasteiger partial charge in [-0.25, -0.2) is 0 Å². The molecule has 1 fully saturated rings. The molecule has 4 rings (SSSR count). The molecule has 0 saturated carbocycles. The van der Waals surface area contributed by atoms with Crippen molar-refractivity contribution in [3.8, 4) is 0 Å². The van der Waals surface area contributed by atoms with Crippen LogP contribution < -0.4 is 10.2 Å². The second-order valence-corrected chi connectivity index (χ2v) is 6.99. The van der Waals surface area contributed by atoms with Crippen molar-refractivity contribution in [2.24, 2.45) is 0 Å². The Kier molecular flexibility index (Phi) is 5.37. The largest absolute Gasteiger partial charge is 0.361 e. The first-order valence-corrected chi connectivity index (χ1v) is 9.55. The van der Waals surface area contributed by atoms with Crippen LogP contribution in [0.3, 0.4) is 0 Å². The van der Waals surface area contributed by atoms with Crippen molar-refractivity contribution >= 4 is 23.2 Å². The van der Waals surface area contributed by atoms with Crippen molar-refractivity contribution < 1.29 is 9.32 Å². The zero-order valence-corrected chi connectivity index (χ0v) is 16.5. The molecule has 1 saturated heterocycles. The Hall–Kier alpha value is -3.49. The predicted octanol–water partition coefficient (Wildman–Crippen LogP) is 2.11. The molecule has 3 aromatic rings. The maximum atomic E-state index is 12.6. The van der Waals surface area contributed by atoms with Gasteiger partial charge in [-0.15, -0.1) is 10.2 Å². The molecule has 4 heterocycles. The van der Waals surface area contributed by atoms with Gasteiger partial charge >= 0.3 is 0 Å². The van der Waals surface area contributed by atoms with E-state index in [1.807, 2.05) is 43.0 Å². The molecule has 29 heavy (non-hydrogen) atoms. The van der Waals surface area contributed by atoms with Gasteiger partial charge in [-0.1, -0.05) is 5.16 Å². The molecule has 0 atom stereocenters. The molecule has 1 aliphatic heterocycles. The van der Waals surface area contributed by atoms with E-state index < -0.39 is 0 Å². The first-order valence-electron chi connectivity index (χ1n) is 9.55. The molecule has 9 heteroatoms. The van der Waals surface area contributed by atoms with Crippen molar-refractivity contribution in [3.05, 3.63) is 53.7 Å². The number of hydrogen-bond acceptors (Lipinski definition) is 8. The number of piperazine rings is 1. The van der Waals surface area contributed by atoms with Crippen LogP contribution in [-0.2, 0) is 11.2 Å². The smallest absolute Gasteiger partial charge is 0.227 e. The Morgan fingerprint density at radius 3 is 2.59 bits per heavy atom. The van der Waals surface area contributed by atoms with E-state index in [0.717, 1.165) is 35.9 Å². The number of rotatable bonds is 5. The second-order valence-electron chi connectivity index (χ2n) is 6.99. The van der Waals surface area contributed by atoms with E-state index >= 15 is 0 Å². The number of amides is 1. The molecular weight excluding hydrogens is 370 g/mol. The van der Waals surface area contributed by atoms with Crippen molar-refractivity contribution in [1.29, 1.82) is 0 Å². The highest BCUT2D eigenvalue weighted by atomic mass is 16.5. The summed E-state index contributed by atoms with van der Waals surface area (Å²) in [4.78, 5) is 20.7. The summed E-state index contributed by atoms with van der Waals surface area (Å²) in [5.41, 5.74) is 2.53. The number of aryl methyl sites for hydroxylation is 2. The van der Waals surface area contributed by atoms with Crippen LogP contribution in [0.1, 0.15) is 17.0 Å². The van der Waals surface area contributed by atoms with Crippen molar-refractivity contribution in [2.75, 3.05) is 36.4 Å². The third kappa shape index (κ3) is 4.34. The van der Waals surface area contributed by atoms with Crippen LogP contribution >= 0.6 is 0 Å². The number of carbonyl (C=O) groups is 1. The van der Waals surface area contributed by atoms with Gasteiger partial charge in [0.2, 0.25) is 5.91 Å². The highest BCUT2D eigenvalue weighted by Crippen LogP contribution is 2.18. The minimum atomic E-state index is 0.0983. The van der Waals surface area contributed by atoms with Gasteiger partial charge in [0.05, 0.1) is 24.0 Å². The fourth-order valence-corrected chi connectivity index (χ4v) is 3.35. The van der Waals surface area contributed by atoms with E-state index in [1.165, 1.54) is 0 Å². The Labute approximate surface area is 168 Å². The summed E-state index contributed by atoms with van der Waals surface area (Å²) < 4.78 is 5.15. The van der Waals surface area contributed by atoms with Gasteiger partial charge in [0.25, 0.3) is 0 Å². The molecule has 9 nitrogen and oxygen atoms in total.